The highest BCUT2D eigenvalue weighted by Crippen LogP contribution is 2.41. The number of rotatable bonds is 21. The van der Waals surface area contributed by atoms with E-state index in [1.807, 2.05) is 67.6 Å². The van der Waals surface area contributed by atoms with Crippen LogP contribution < -0.4 is 0 Å². The topological polar surface area (TPSA) is 189 Å². The fraction of sp³-hybridized carbons (Fsp3) is 0.250. The number of hydrogen-bond donors (Lipinski definition) is 0. The van der Waals surface area contributed by atoms with Crippen LogP contribution >= 0.6 is 11.8 Å². The molecule has 16 nitrogen and oxygen atoms in total. The third-order valence-corrected chi connectivity index (χ3v) is 14.8. The van der Waals surface area contributed by atoms with Crippen molar-refractivity contribution in [2.24, 2.45) is 0 Å². The van der Waals surface area contributed by atoms with Crippen LogP contribution in [0, 0.1) is 0 Å². The number of esters is 4. The molecule has 414 valence electrons. The summed E-state index contributed by atoms with van der Waals surface area (Å²) < 4.78 is 59.8. The smallest absolute Gasteiger partial charge is 0.338 e. The van der Waals surface area contributed by atoms with Gasteiger partial charge in [0.25, 0.3) is 11.8 Å². The van der Waals surface area contributed by atoms with E-state index >= 15 is 0 Å². The maximum Gasteiger partial charge on any atom is 0.338 e. The van der Waals surface area contributed by atoms with E-state index in [-0.39, 0.29) is 53.2 Å². The van der Waals surface area contributed by atoms with E-state index in [2.05, 4.69) is 0 Å². The van der Waals surface area contributed by atoms with Crippen LogP contribution in [0.3, 0.4) is 0 Å². The summed E-state index contributed by atoms with van der Waals surface area (Å²) in [6.07, 6.45) is -12.5. The van der Waals surface area contributed by atoms with Gasteiger partial charge in [0.1, 0.15) is 42.5 Å². The SMILES string of the molecule is CCS[C@@H]1O[C@H](COCc2ccccc2)[C@@H](O[C@@H]2O[C@H](COC(=O)c3ccccc3)[C@H](OC(=O)c3ccccc3)[C@H](OC(=O)c3ccccc3)[C@H]2OC(=O)c2ccccc2)[C@H](OCc2ccccc2)[C@H]1N1C(=O)c2ccccc2C1=O. The Morgan fingerprint density at radius 2 is 0.877 bits per heavy atom. The van der Waals surface area contributed by atoms with Crippen LogP contribution in [0.25, 0.3) is 0 Å². The fourth-order valence-corrected chi connectivity index (χ4v) is 10.9. The Bertz CT molecular complexity index is 3220. The van der Waals surface area contributed by atoms with Gasteiger partial charge in [0.05, 0.1) is 53.2 Å². The number of fused-ring (bicyclic) bond motifs is 1. The average Bonchev–Trinajstić information content (AvgIpc) is 3.99. The Balaban J connectivity index is 1.12. The van der Waals surface area contributed by atoms with Gasteiger partial charge in [-0.2, -0.15) is 0 Å². The van der Waals surface area contributed by atoms with Gasteiger partial charge in [-0.15, -0.1) is 11.8 Å². The number of nitrogens with zero attached hydrogens (tertiary/aromatic N) is 1. The van der Waals surface area contributed by atoms with Crippen LogP contribution in [-0.2, 0) is 55.8 Å². The standard InChI is InChI=1S/C64H57NO15S/c1-2-81-64-51(65-57(66)47-35-21-22-36-48(47)58(65)67)54(73-38-42-25-11-4-12-26-42)52(49(76-64)39-72-37-41-23-9-3-10-24-41)80-63-56(79-62(71)46-33-19-8-20-34-46)55(78-61(70)45-31-17-7-18-32-45)53(77-60(69)44-29-15-6-16-30-44)50(75-63)40-74-59(68)43-27-13-5-14-28-43/h3-36,49-56,63-64H,2,37-40H2,1H3/t49-,50-,51-,52-,53+,54-,55+,56-,63+,64+/m1/s1. The quantitative estimate of drug-likeness (QED) is 0.0375. The van der Waals surface area contributed by atoms with Crippen molar-refractivity contribution >= 4 is 47.5 Å². The predicted octanol–water partition coefficient (Wildman–Crippen LogP) is 9.58. The maximum absolute atomic E-state index is 14.8. The Hall–Kier alpha value is -8.29. The van der Waals surface area contributed by atoms with Crippen LogP contribution in [0.5, 0.6) is 0 Å². The van der Waals surface area contributed by atoms with Gasteiger partial charge in [0.15, 0.2) is 24.6 Å². The second-order valence-electron chi connectivity index (χ2n) is 19.1. The van der Waals surface area contributed by atoms with Gasteiger partial charge in [-0.05, 0) is 77.5 Å². The molecule has 17 heteroatoms. The molecule has 2 amide bonds. The van der Waals surface area contributed by atoms with Crippen molar-refractivity contribution in [1.29, 1.82) is 0 Å². The molecular weight excluding hydrogens is 1050 g/mol. The molecule has 0 radical (unpaired) electrons. The van der Waals surface area contributed by atoms with Crippen LogP contribution in [0.15, 0.2) is 206 Å². The monoisotopic (exact) mass is 1110 g/mol. The second-order valence-corrected chi connectivity index (χ2v) is 20.5. The van der Waals surface area contributed by atoms with Gasteiger partial charge in [-0.25, -0.2) is 19.2 Å². The van der Waals surface area contributed by atoms with Gasteiger partial charge >= 0.3 is 23.9 Å². The summed E-state index contributed by atoms with van der Waals surface area (Å²) in [5, 5.41) is 0. The number of hydrogen-bond acceptors (Lipinski definition) is 16. The summed E-state index contributed by atoms with van der Waals surface area (Å²) >= 11 is 1.35. The number of imide groups is 1. The first kappa shape index (κ1) is 56.0. The van der Waals surface area contributed by atoms with E-state index in [0.29, 0.717) is 5.75 Å². The first-order chi connectivity index (χ1) is 39.6. The van der Waals surface area contributed by atoms with Crippen molar-refractivity contribution in [1.82, 2.24) is 4.90 Å². The molecule has 0 unspecified atom stereocenters. The van der Waals surface area contributed by atoms with Crippen molar-refractivity contribution in [3.63, 3.8) is 0 Å². The van der Waals surface area contributed by atoms with Crippen LogP contribution in [0.2, 0.25) is 0 Å². The molecule has 0 aromatic heterocycles. The van der Waals surface area contributed by atoms with Crippen molar-refractivity contribution < 1.29 is 71.4 Å². The molecule has 10 atom stereocenters. The van der Waals surface area contributed by atoms with Crippen molar-refractivity contribution in [3.05, 3.63) is 251 Å². The zero-order valence-electron chi connectivity index (χ0n) is 43.9. The molecule has 0 saturated carbocycles. The molecule has 0 aliphatic carbocycles. The maximum atomic E-state index is 14.8. The van der Waals surface area contributed by atoms with Crippen molar-refractivity contribution in [2.75, 3.05) is 19.0 Å². The van der Waals surface area contributed by atoms with Crippen LogP contribution in [0.1, 0.15) is 80.2 Å². The summed E-state index contributed by atoms with van der Waals surface area (Å²) in [5.74, 6) is -4.18. The lowest BCUT2D eigenvalue weighted by molar-refractivity contribution is -0.336. The van der Waals surface area contributed by atoms with E-state index in [9.17, 15) is 28.8 Å². The number of amides is 2. The molecule has 2 fully saturated rings. The van der Waals surface area contributed by atoms with E-state index in [1.165, 1.54) is 48.2 Å². The summed E-state index contributed by atoms with van der Waals surface area (Å²) in [6.45, 7) is 1.19. The molecule has 3 aliphatic heterocycles. The third kappa shape index (κ3) is 13.3. The zero-order valence-corrected chi connectivity index (χ0v) is 44.7. The molecular formula is C64H57NO15S. The number of benzene rings is 7. The molecule has 3 aliphatic rings. The van der Waals surface area contributed by atoms with Crippen LogP contribution in [0.4, 0.5) is 0 Å². The molecule has 7 aromatic rings. The zero-order chi connectivity index (χ0) is 56.1. The second kappa shape index (κ2) is 26.8. The van der Waals surface area contributed by atoms with Crippen molar-refractivity contribution in [3.8, 4) is 0 Å². The highest BCUT2D eigenvalue weighted by molar-refractivity contribution is 7.99. The minimum atomic E-state index is -1.84. The number of thioether (sulfide) groups is 1. The Morgan fingerprint density at radius 1 is 0.457 bits per heavy atom. The summed E-state index contributed by atoms with van der Waals surface area (Å²) in [4.78, 5) is 88.1. The highest BCUT2D eigenvalue weighted by atomic mass is 32.2. The number of carbonyl (C=O) groups excluding carboxylic acids is 6. The van der Waals surface area contributed by atoms with Gasteiger partial charge in [0.2, 0.25) is 0 Å². The minimum absolute atomic E-state index is 0.0586. The molecule has 3 heterocycles. The first-order valence-electron chi connectivity index (χ1n) is 26.5. The van der Waals surface area contributed by atoms with Crippen molar-refractivity contribution in [2.45, 2.75) is 80.6 Å². The molecule has 0 spiro atoms. The molecule has 0 N–H and O–H groups in total. The number of ether oxygens (including phenoxy) is 9. The average molecular weight is 1110 g/mol. The lowest BCUT2D eigenvalue weighted by Crippen LogP contribution is -2.68. The van der Waals surface area contributed by atoms with Crippen LogP contribution in [-0.4, -0.2) is 120 Å². The van der Waals surface area contributed by atoms with E-state index in [4.69, 9.17) is 42.6 Å². The largest absolute Gasteiger partial charge is 0.459 e. The van der Waals surface area contributed by atoms with Gasteiger partial charge in [0, 0.05) is 0 Å². The third-order valence-electron chi connectivity index (χ3n) is 13.8. The minimum Gasteiger partial charge on any atom is -0.459 e. The Kier molecular flexibility index (Phi) is 18.5. The Morgan fingerprint density at radius 3 is 1.37 bits per heavy atom. The predicted molar refractivity (Wildman–Crippen MR) is 296 cm³/mol. The lowest BCUT2D eigenvalue weighted by Gasteiger charge is -2.51. The summed E-state index contributed by atoms with van der Waals surface area (Å²) in [7, 11) is 0. The molecule has 10 rings (SSSR count). The highest BCUT2D eigenvalue weighted by Gasteiger charge is 2.59. The fourth-order valence-electron chi connectivity index (χ4n) is 9.86. The molecule has 2 saturated heterocycles. The van der Waals surface area contributed by atoms with Gasteiger partial charge < -0.3 is 42.6 Å². The van der Waals surface area contributed by atoms with E-state index in [1.54, 1.807) is 109 Å². The van der Waals surface area contributed by atoms with Gasteiger partial charge in [-0.1, -0.05) is 153 Å². The van der Waals surface area contributed by atoms with Gasteiger partial charge in [-0.3, -0.25) is 14.5 Å². The van der Waals surface area contributed by atoms with E-state index < -0.39 is 103 Å². The summed E-state index contributed by atoms with van der Waals surface area (Å²) in [6, 6.07) is 56.3. The van der Waals surface area contributed by atoms with E-state index in [0.717, 1.165) is 16.0 Å². The molecule has 0 bridgehead atoms. The molecule has 81 heavy (non-hydrogen) atoms. The first-order valence-corrected chi connectivity index (χ1v) is 27.5. The summed E-state index contributed by atoms with van der Waals surface area (Å²) in [5.41, 5.74) is 1.49. The molecule has 7 aromatic carbocycles. The number of carbonyl (C=O) groups is 6. The Labute approximate surface area is 472 Å². The normalized spacial score (nSPS) is 23.2. The lowest BCUT2D eigenvalue weighted by atomic mass is 9.94.